The highest BCUT2D eigenvalue weighted by atomic mass is 79.9. The summed E-state index contributed by atoms with van der Waals surface area (Å²) in [6, 6.07) is 5.95. The van der Waals surface area contributed by atoms with E-state index < -0.39 is 17.8 Å². The van der Waals surface area contributed by atoms with Crippen LogP contribution < -0.4 is 5.32 Å². The number of aryl methyl sites for hydroxylation is 1. The number of benzene rings is 1. The standard InChI is InChI=1S/C15H14BrF3N2/c1-9-7-10(16)3-4-11(9)14(20-2)12-8-21-6-5-13(12)15(17,18)19/h3-8,14,20H,1-2H3. The maximum Gasteiger partial charge on any atom is 0.416 e. The van der Waals surface area contributed by atoms with E-state index in [0.717, 1.165) is 27.9 Å². The van der Waals surface area contributed by atoms with Crippen molar-refractivity contribution in [1.82, 2.24) is 10.3 Å². The summed E-state index contributed by atoms with van der Waals surface area (Å²) in [7, 11) is 1.64. The number of hydrogen-bond donors (Lipinski definition) is 1. The van der Waals surface area contributed by atoms with Gasteiger partial charge in [-0.3, -0.25) is 4.98 Å². The summed E-state index contributed by atoms with van der Waals surface area (Å²) in [5, 5.41) is 2.95. The van der Waals surface area contributed by atoms with E-state index in [2.05, 4.69) is 26.2 Å². The maximum absolute atomic E-state index is 13.2. The fraction of sp³-hybridized carbons (Fsp3) is 0.267. The highest BCUT2D eigenvalue weighted by Crippen LogP contribution is 2.36. The first kappa shape index (κ1) is 16.0. The van der Waals surface area contributed by atoms with Crippen molar-refractivity contribution in [3.05, 3.63) is 63.4 Å². The van der Waals surface area contributed by atoms with Crippen LogP contribution in [0.1, 0.15) is 28.3 Å². The second-order valence-corrected chi connectivity index (χ2v) is 5.60. The number of halogens is 4. The molecule has 2 rings (SSSR count). The predicted octanol–water partition coefficient (Wildman–Crippen LogP) is 4.48. The quantitative estimate of drug-likeness (QED) is 0.874. The molecule has 1 aromatic carbocycles. The predicted molar refractivity (Wildman–Crippen MR) is 79.0 cm³/mol. The lowest BCUT2D eigenvalue weighted by Gasteiger charge is -2.23. The lowest BCUT2D eigenvalue weighted by Crippen LogP contribution is -2.23. The Kier molecular flexibility index (Phi) is 4.68. The van der Waals surface area contributed by atoms with Crippen LogP contribution in [0.2, 0.25) is 0 Å². The van der Waals surface area contributed by atoms with Crippen LogP contribution in [0.3, 0.4) is 0 Å². The van der Waals surface area contributed by atoms with Crippen molar-refractivity contribution in [3.63, 3.8) is 0 Å². The molecular formula is C15H14BrF3N2. The molecule has 0 aliphatic heterocycles. The van der Waals surface area contributed by atoms with Gasteiger partial charge in [0.2, 0.25) is 0 Å². The van der Waals surface area contributed by atoms with Gasteiger partial charge in [0.15, 0.2) is 0 Å². The Bertz CT molecular complexity index is 641. The maximum atomic E-state index is 13.2. The van der Waals surface area contributed by atoms with Gasteiger partial charge in [0, 0.05) is 22.4 Å². The second-order valence-electron chi connectivity index (χ2n) is 4.68. The van der Waals surface area contributed by atoms with Crippen LogP contribution in [0.25, 0.3) is 0 Å². The summed E-state index contributed by atoms with van der Waals surface area (Å²) in [6.07, 6.45) is -1.98. The lowest BCUT2D eigenvalue weighted by atomic mass is 9.93. The van der Waals surface area contributed by atoms with Crippen molar-refractivity contribution in [2.75, 3.05) is 7.05 Å². The third-order valence-corrected chi connectivity index (χ3v) is 3.79. The van der Waals surface area contributed by atoms with E-state index in [1.165, 1.54) is 6.20 Å². The molecule has 2 nitrogen and oxygen atoms in total. The topological polar surface area (TPSA) is 24.9 Å². The Morgan fingerprint density at radius 2 is 1.90 bits per heavy atom. The number of aromatic nitrogens is 1. The van der Waals surface area contributed by atoms with Crippen molar-refractivity contribution in [3.8, 4) is 0 Å². The normalized spacial score (nSPS) is 13.2. The van der Waals surface area contributed by atoms with Gasteiger partial charge >= 0.3 is 6.18 Å². The number of pyridine rings is 1. The Labute approximate surface area is 129 Å². The molecule has 0 spiro atoms. The van der Waals surface area contributed by atoms with Crippen molar-refractivity contribution >= 4 is 15.9 Å². The Hall–Kier alpha value is -1.40. The summed E-state index contributed by atoms with van der Waals surface area (Å²) in [4.78, 5) is 3.85. The highest BCUT2D eigenvalue weighted by molar-refractivity contribution is 9.10. The molecular weight excluding hydrogens is 345 g/mol. The molecule has 0 aliphatic rings. The lowest BCUT2D eigenvalue weighted by molar-refractivity contribution is -0.138. The molecule has 0 saturated carbocycles. The minimum atomic E-state index is -4.41. The van der Waals surface area contributed by atoms with Crippen molar-refractivity contribution < 1.29 is 13.2 Å². The zero-order valence-electron chi connectivity index (χ0n) is 11.5. The van der Waals surface area contributed by atoms with Crippen LogP contribution >= 0.6 is 15.9 Å². The van der Waals surface area contributed by atoms with Gasteiger partial charge in [0.25, 0.3) is 0 Å². The average molecular weight is 359 g/mol. The first-order valence-corrected chi connectivity index (χ1v) is 7.08. The molecule has 0 saturated heterocycles. The SMILES string of the molecule is CNC(c1ccc(Br)cc1C)c1cnccc1C(F)(F)F. The molecule has 21 heavy (non-hydrogen) atoms. The van der Waals surface area contributed by atoms with Crippen LogP contribution in [-0.2, 0) is 6.18 Å². The molecule has 0 amide bonds. The van der Waals surface area contributed by atoms with Crippen molar-refractivity contribution in [1.29, 1.82) is 0 Å². The van der Waals surface area contributed by atoms with Crippen molar-refractivity contribution in [2.24, 2.45) is 0 Å². The average Bonchev–Trinajstić information content (AvgIpc) is 2.41. The van der Waals surface area contributed by atoms with Gasteiger partial charge in [-0.15, -0.1) is 0 Å². The smallest absolute Gasteiger partial charge is 0.309 e. The first-order chi connectivity index (χ1) is 9.84. The van der Waals surface area contributed by atoms with Crippen LogP contribution in [0.15, 0.2) is 41.1 Å². The fourth-order valence-electron chi connectivity index (χ4n) is 2.34. The number of nitrogens with one attached hydrogen (secondary N) is 1. The van der Waals surface area contributed by atoms with E-state index in [4.69, 9.17) is 0 Å². The summed E-state index contributed by atoms with van der Waals surface area (Å²) in [5.74, 6) is 0. The first-order valence-electron chi connectivity index (χ1n) is 6.29. The van der Waals surface area contributed by atoms with Crippen LogP contribution in [0.4, 0.5) is 13.2 Å². The molecule has 1 heterocycles. The highest BCUT2D eigenvalue weighted by Gasteiger charge is 2.35. The van der Waals surface area contributed by atoms with Gasteiger partial charge in [-0.25, -0.2) is 0 Å². The Balaban J connectivity index is 2.57. The minimum absolute atomic E-state index is 0.123. The molecule has 0 bridgehead atoms. The second kappa shape index (κ2) is 6.15. The molecule has 0 aliphatic carbocycles. The number of nitrogens with zero attached hydrogens (tertiary/aromatic N) is 1. The van der Waals surface area contributed by atoms with Crippen LogP contribution in [0.5, 0.6) is 0 Å². The van der Waals surface area contributed by atoms with Crippen LogP contribution in [0, 0.1) is 6.92 Å². The van der Waals surface area contributed by atoms with Gasteiger partial charge in [-0.05, 0) is 43.3 Å². The van der Waals surface area contributed by atoms with Gasteiger partial charge in [-0.1, -0.05) is 22.0 Å². The third kappa shape index (κ3) is 3.44. The summed E-state index contributed by atoms with van der Waals surface area (Å²) in [6.45, 7) is 1.87. The molecule has 2 aromatic rings. The minimum Gasteiger partial charge on any atom is -0.309 e. The third-order valence-electron chi connectivity index (χ3n) is 3.30. The van der Waals surface area contributed by atoms with E-state index in [1.54, 1.807) is 7.05 Å². The molecule has 112 valence electrons. The van der Waals surface area contributed by atoms with Gasteiger partial charge in [0.1, 0.15) is 0 Å². The zero-order chi connectivity index (χ0) is 15.6. The zero-order valence-corrected chi connectivity index (χ0v) is 13.1. The van der Waals surface area contributed by atoms with E-state index >= 15 is 0 Å². The van der Waals surface area contributed by atoms with E-state index in [1.807, 2.05) is 25.1 Å². The number of rotatable bonds is 3. The molecule has 1 atom stereocenters. The molecule has 6 heteroatoms. The summed E-state index contributed by atoms with van der Waals surface area (Å²) >= 11 is 3.36. The largest absolute Gasteiger partial charge is 0.416 e. The molecule has 1 aromatic heterocycles. The number of alkyl halides is 3. The monoisotopic (exact) mass is 358 g/mol. The number of hydrogen-bond acceptors (Lipinski definition) is 2. The molecule has 1 unspecified atom stereocenters. The van der Waals surface area contributed by atoms with E-state index in [0.29, 0.717) is 0 Å². The molecule has 0 radical (unpaired) electrons. The summed E-state index contributed by atoms with van der Waals surface area (Å²) < 4.78 is 40.4. The molecule has 1 N–H and O–H groups in total. The summed E-state index contributed by atoms with van der Waals surface area (Å²) in [5.41, 5.74) is 1.15. The van der Waals surface area contributed by atoms with Crippen molar-refractivity contribution in [2.45, 2.75) is 19.1 Å². The van der Waals surface area contributed by atoms with Gasteiger partial charge in [0.05, 0.1) is 11.6 Å². The van der Waals surface area contributed by atoms with Crippen LogP contribution in [-0.4, -0.2) is 12.0 Å². The fourth-order valence-corrected chi connectivity index (χ4v) is 2.81. The van der Waals surface area contributed by atoms with Gasteiger partial charge in [-0.2, -0.15) is 13.2 Å². The molecule has 0 fully saturated rings. The van der Waals surface area contributed by atoms with E-state index in [-0.39, 0.29) is 5.56 Å². The Morgan fingerprint density at radius 1 is 1.19 bits per heavy atom. The van der Waals surface area contributed by atoms with E-state index in [9.17, 15) is 13.2 Å². The van der Waals surface area contributed by atoms with Gasteiger partial charge < -0.3 is 5.32 Å². The Morgan fingerprint density at radius 3 is 2.48 bits per heavy atom.